The number of amides is 1. The summed E-state index contributed by atoms with van der Waals surface area (Å²) in [4.78, 5) is 21.5. The van der Waals surface area contributed by atoms with Gasteiger partial charge in [0.05, 0.1) is 10.5 Å². The Bertz CT molecular complexity index is 698. The van der Waals surface area contributed by atoms with Gasteiger partial charge in [0.2, 0.25) is 0 Å². The van der Waals surface area contributed by atoms with Crippen LogP contribution in [-0.2, 0) is 6.61 Å². The largest absolute Gasteiger partial charge is 0.488 e. The molecule has 0 aromatic heterocycles. The molecular formula is C15H14N2O4. The van der Waals surface area contributed by atoms with Crippen LogP contribution in [0.1, 0.15) is 21.5 Å². The van der Waals surface area contributed by atoms with Crippen LogP contribution in [0.4, 0.5) is 5.69 Å². The number of nitrogens with two attached hydrogens (primary N) is 1. The van der Waals surface area contributed by atoms with E-state index in [2.05, 4.69) is 0 Å². The Hall–Kier alpha value is -2.89. The second kappa shape index (κ2) is 6.04. The third kappa shape index (κ3) is 3.36. The summed E-state index contributed by atoms with van der Waals surface area (Å²) in [5.41, 5.74) is 7.06. The number of rotatable bonds is 5. The van der Waals surface area contributed by atoms with E-state index >= 15 is 0 Å². The van der Waals surface area contributed by atoms with E-state index in [1.165, 1.54) is 12.1 Å². The first-order chi connectivity index (χ1) is 9.99. The van der Waals surface area contributed by atoms with Gasteiger partial charge in [0.1, 0.15) is 12.4 Å². The predicted molar refractivity (Wildman–Crippen MR) is 77.1 cm³/mol. The Morgan fingerprint density at radius 1 is 1.29 bits per heavy atom. The van der Waals surface area contributed by atoms with Crippen molar-refractivity contribution in [3.05, 3.63) is 69.3 Å². The monoisotopic (exact) mass is 286 g/mol. The number of ether oxygens (including phenoxy) is 1. The molecule has 0 aliphatic rings. The SMILES string of the molecule is Cc1ccccc1COc1ccc([N+](=O)[O-])cc1C(N)=O. The van der Waals surface area contributed by atoms with E-state index in [1.807, 2.05) is 31.2 Å². The highest BCUT2D eigenvalue weighted by molar-refractivity contribution is 5.96. The molecule has 2 rings (SSSR count). The van der Waals surface area contributed by atoms with Gasteiger partial charge in [0.15, 0.2) is 0 Å². The van der Waals surface area contributed by atoms with Crippen LogP contribution in [0.5, 0.6) is 5.75 Å². The van der Waals surface area contributed by atoms with E-state index in [9.17, 15) is 14.9 Å². The molecule has 0 saturated carbocycles. The van der Waals surface area contributed by atoms with E-state index in [4.69, 9.17) is 10.5 Å². The summed E-state index contributed by atoms with van der Waals surface area (Å²) in [6.07, 6.45) is 0. The zero-order chi connectivity index (χ0) is 15.4. The molecule has 1 amide bonds. The highest BCUT2D eigenvalue weighted by atomic mass is 16.6. The molecule has 0 aliphatic carbocycles. The number of nitrogens with zero attached hydrogens (tertiary/aromatic N) is 1. The molecular weight excluding hydrogens is 272 g/mol. The van der Waals surface area contributed by atoms with E-state index < -0.39 is 10.8 Å². The lowest BCUT2D eigenvalue weighted by atomic mass is 10.1. The fourth-order valence-electron chi connectivity index (χ4n) is 1.88. The number of nitro benzene ring substituents is 1. The van der Waals surface area contributed by atoms with Gasteiger partial charge >= 0.3 is 0 Å². The highest BCUT2D eigenvalue weighted by Crippen LogP contribution is 2.25. The number of hydrogen-bond donors (Lipinski definition) is 1. The number of primary amides is 1. The van der Waals surface area contributed by atoms with Gasteiger partial charge < -0.3 is 10.5 Å². The third-order valence-corrected chi connectivity index (χ3v) is 3.08. The summed E-state index contributed by atoms with van der Waals surface area (Å²) in [6.45, 7) is 2.20. The number of carbonyl (C=O) groups excluding carboxylic acids is 1. The van der Waals surface area contributed by atoms with Crippen LogP contribution in [0.2, 0.25) is 0 Å². The van der Waals surface area contributed by atoms with Crippen LogP contribution >= 0.6 is 0 Å². The molecule has 2 aromatic rings. The average Bonchev–Trinajstić information content (AvgIpc) is 2.46. The van der Waals surface area contributed by atoms with Crippen molar-refractivity contribution in [2.24, 2.45) is 5.73 Å². The number of nitro groups is 1. The summed E-state index contributed by atoms with van der Waals surface area (Å²) < 4.78 is 5.58. The fraction of sp³-hybridized carbons (Fsp3) is 0.133. The van der Waals surface area contributed by atoms with E-state index in [-0.39, 0.29) is 23.6 Å². The first kappa shape index (κ1) is 14.5. The first-order valence-corrected chi connectivity index (χ1v) is 6.24. The van der Waals surface area contributed by atoms with Crippen molar-refractivity contribution in [1.82, 2.24) is 0 Å². The fourth-order valence-corrected chi connectivity index (χ4v) is 1.88. The van der Waals surface area contributed by atoms with Crippen LogP contribution in [-0.4, -0.2) is 10.8 Å². The maximum Gasteiger partial charge on any atom is 0.270 e. The van der Waals surface area contributed by atoms with Crippen LogP contribution in [0, 0.1) is 17.0 Å². The van der Waals surface area contributed by atoms with Crippen molar-refractivity contribution >= 4 is 11.6 Å². The molecule has 0 atom stereocenters. The molecule has 0 aliphatic heterocycles. The topological polar surface area (TPSA) is 95.5 Å². The molecule has 108 valence electrons. The average molecular weight is 286 g/mol. The maximum absolute atomic E-state index is 11.4. The number of benzene rings is 2. The molecule has 6 nitrogen and oxygen atoms in total. The standard InChI is InChI=1S/C15H14N2O4/c1-10-4-2-3-5-11(10)9-21-14-7-6-12(17(19)20)8-13(14)15(16)18/h2-8H,9H2,1H3,(H2,16,18). The summed E-state index contributed by atoms with van der Waals surface area (Å²) in [5, 5.41) is 10.7. The lowest BCUT2D eigenvalue weighted by Gasteiger charge is -2.11. The smallest absolute Gasteiger partial charge is 0.270 e. The zero-order valence-electron chi connectivity index (χ0n) is 11.4. The van der Waals surface area contributed by atoms with E-state index in [0.29, 0.717) is 0 Å². The Morgan fingerprint density at radius 3 is 2.62 bits per heavy atom. The van der Waals surface area contributed by atoms with Crippen molar-refractivity contribution in [1.29, 1.82) is 0 Å². The quantitative estimate of drug-likeness (QED) is 0.675. The molecule has 21 heavy (non-hydrogen) atoms. The summed E-state index contributed by atoms with van der Waals surface area (Å²) in [5.74, 6) is -0.533. The predicted octanol–water partition coefficient (Wildman–Crippen LogP) is 2.58. The van der Waals surface area contributed by atoms with Crippen LogP contribution in [0.25, 0.3) is 0 Å². The first-order valence-electron chi connectivity index (χ1n) is 6.24. The molecule has 0 radical (unpaired) electrons. The second-order valence-corrected chi connectivity index (χ2v) is 4.52. The normalized spacial score (nSPS) is 10.1. The minimum atomic E-state index is -0.765. The van der Waals surface area contributed by atoms with Gasteiger partial charge in [-0.3, -0.25) is 14.9 Å². The van der Waals surface area contributed by atoms with Crippen LogP contribution in [0.3, 0.4) is 0 Å². The van der Waals surface area contributed by atoms with Crippen LogP contribution < -0.4 is 10.5 Å². The Balaban J connectivity index is 2.26. The third-order valence-electron chi connectivity index (χ3n) is 3.08. The Morgan fingerprint density at radius 2 is 2.00 bits per heavy atom. The minimum absolute atomic E-state index is 0.00205. The lowest BCUT2D eigenvalue weighted by molar-refractivity contribution is -0.384. The number of non-ortho nitro benzene ring substituents is 1. The molecule has 2 N–H and O–H groups in total. The molecule has 0 saturated heterocycles. The minimum Gasteiger partial charge on any atom is -0.488 e. The number of aryl methyl sites for hydroxylation is 1. The van der Waals surface area contributed by atoms with Gasteiger partial charge in [-0.2, -0.15) is 0 Å². The summed E-state index contributed by atoms with van der Waals surface area (Å²) in [7, 11) is 0. The molecule has 0 spiro atoms. The number of hydrogen-bond acceptors (Lipinski definition) is 4. The van der Waals surface area contributed by atoms with Crippen molar-refractivity contribution in [2.75, 3.05) is 0 Å². The highest BCUT2D eigenvalue weighted by Gasteiger charge is 2.16. The van der Waals surface area contributed by atoms with Gasteiger partial charge in [-0.25, -0.2) is 0 Å². The van der Waals surface area contributed by atoms with Crippen molar-refractivity contribution < 1.29 is 14.5 Å². The van der Waals surface area contributed by atoms with Gasteiger partial charge in [0, 0.05) is 12.1 Å². The summed E-state index contributed by atoms with van der Waals surface area (Å²) in [6, 6.07) is 11.4. The zero-order valence-corrected chi connectivity index (χ0v) is 11.4. The van der Waals surface area contributed by atoms with Gasteiger partial charge in [0.25, 0.3) is 11.6 Å². The Kier molecular flexibility index (Phi) is 4.18. The number of carbonyl (C=O) groups is 1. The van der Waals surface area contributed by atoms with Crippen LogP contribution in [0.15, 0.2) is 42.5 Å². The van der Waals surface area contributed by atoms with Crippen molar-refractivity contribution in [3.8, 4) is 5.75 Å². The molecule has 6 heteroatoms. The van der Waals surface area contributed by atoms with E-state index in [1.54, 1.807) is 0 Å². The molecule has 0 fully saturated rings. The van der Waals surface area contributed by atoms with Gasteiger partial charge in [-0.05, 0) is 24.1 Å². The summed E-state index contributed by atoms with van der Waals surface area (Å²) >= 11 is 0. The molecule has 0 heterocycles. The second-order valence-electron chi connectivity index (χ2n) is 4.52. The van der Waals surface area contributed by atoms with Gasteiger partial charge in [-0.1, -0.05) is 24.3 Å². The molecule has 0 unspecified atom stereocenters. The molecule has 0 bridgehead atoms. The lowest BCUT2D eigenvalue weighted by Crippen LogP contribution is -2.13. The van der Waals surface area contributed by atoms with Gasteiger partial charge in [-0.15, -0.1) is 0 Å². The Labute approximate surface area is 121 Å². The van der Waals surface area contributed by atoms with Crippen molar-refractivity contribution in [2.45, 2.75) is 13.5 Å². The maximum atomic E-state index is 11.4. The molecule has 2 aromatic carbocycles. The van der Waals surface area contributed by atoms with Crippen molar-refractivity contribution in [3.63, 3.8) is 0 Å². The van der Waals surface area contributed by atoms with E-state index in [0.717, 1.165) is 17.2 Å².